The Hall–Kier alpha value is -4.66. The second kappa shape index (κ2) is 10.9. The first-order chi connectivity index (χ1) is 17.9. The number of ether oxygens (including phenoxy) is 6. The zero-order valence-corrected chi connectivity index (χ0v) is 21.1. The zero-order chi connectivity index (χ0) is 26.5. The van der Waals surface area contributed by atoms with Gasteiger partial charge in [0.2, 0.25) is 5.75 Å². The topological polar surface area (TPSA) is 103 Å². The second-order valence-electron chi connectivity index (χ2n) is 7.83. The molecule has 0 spiro atoms. The monoisotopic (exact) mass is 506 g/mol. The van der Waals surface area contributed by atoms with Gasteiger partial charge >= 0.3 is 0 Å². The van der Waals surface area contributed by atoms with Crippen LogP contribution in [0.5, 0.6) is 34.5 Å². The van der Waals surface area contributed by atoms with Crippen LogP contribution in [-0.2, 0) is 0 Å². The minimum Gasteiger partial charge on any atom is -0.493 e. The fourth-order valence-corrected chi connectivity index (χ4v) is 3.88. The van der Waals surface area contributed by atoms with Crippen molar-refractivity contribution in [3.8, 4) is 34.5 Å². The van der Waals surface area contributed by atoms with E-state index in [1.807, 2.05) is 0 Å². The van der Waals surface area contributed by atoms with Crippen molar-refractivity contribution in [1.82, 2.24) is 0 Å². The van der Waals surface area contributed by atoms with Gasteiger partial charge in [0.25, 0.3) is 0 Å². The van der Waals surface area contributed by atoms with E-state index in [9.17, 15) is 9.59 Å². The van der Waals surface area contributed by atoms with E-state index in [1.54, 1.807) is 48.5 Å². The average Bonchev–Trinajstić information content (AvgIpc) is 3.37. The molecule has 9 heteroatoms. The zero-order valence-electron chi connectivity index (χ0n) is 21.1. The molecule has 0 saturated heterocycles. The normalized spacial score (nSPS) is 10.6. The van der Waals surface area contributed by atoms with Crippen LogP contribution in [0.1, 0.15) is 26.3 Å². The summed E-state index contributed by atoms with van der Waals surface area (Å²) in [5, 5.41) is 0.537. The molecule has 0 fully saturated rings. The van der Waals surface area contributed by atoms with Crippen LogP contribution in [0.15, 0.2) is 59.2 Å². The Morgan fingerprint density at radius 2 is 1.35 bits per heavy atom. The number of Topliss-reactive ketones (excluding diaryl/α,β-unsaturated/α-hetero) is 1. The number of carbonyl (C=O) groups is 2. The van der Waals surface area contributed by atoms with Crippen molar-refractivity contribution >= 4 is 22.5 Å². The molecule has 192 valence electrons. The van der Waals surface area contributed by atoms with Crippen molar-refractivity contribution < 1.29 is 42.4 Å². The van der Waals surface area contributed by atoms with E-state index in [-0.39, 0.29) is 18.2 Å². The van der Waals surface area contributed by atoms with Crippen LogP contribution < -0.4 is 28.4 Å². The smallest absolute Gasteiger partial charge is 0.203 e. The maximum atomic E-state index is 13.4. The lowest BCUT2D eigenvalue weighted by molar-refractivity contribution is 0.0920. The molecule has 4 aromatic rings. The fourth-order valence-electron chi connectivity index (χ4n) is 3.88. The van der Waals surface area contributed by atoms with Gasteiger partial charge in [-0.3, -0.25) is 9.59 Å². The second-order valence-corrected chi connectivity index (χ2v) is 7.83. The number of hydrogen-bond acceptors (Lipinski definition) is 9. The van der Waals surface area contributed by atoms with Crippen molar-refractivity contribution in [3.05, 3.63) is 71.5 Å². The van der Waals surface area contributed by atoms with Gasteiger partial charge in [0.05, 0.1) is 41.1 Å². The lowest BCUT2D eigenvalue weighted by atomic mass is 10.0. The predicted molar refractivity (Wildman–Crippen MR) is 135 cm³/mol. The molecule has 1 aromatic heterocycles. The van der Waals surface area contributed by atoms with Crippen molar-refractivity contribution in [1.29, 1.82) is 0 Å². The summed E-state index contributed by atoms with van der Waals surface area (Å²) in [6.07, 6.45) is 1.38. The lowest BCUT2D eigenvalue weighted by Gasteiger charge is -2.13. The lowest BCUT2D eigenvalue weighted by Crippen LogP contribution is -2.12. The van der Waals surface area contributed by atoms with Crippen LogP contribution in [-0.4, -0.2) is 53.7 Å². The first-order valence-corrected chi connectivity index (χ1v) is 11.2. The molecule has 0 unspecified atom stereocenters. The van der Waals surface area contributed by atoms with Crippen LogP contribution >= 0.6 is 0 Å². The molecule has 0 saturated carbocycles. The summed E-state index contributed by atoms with van der Waals surface area (Å²) >= 11 is 0. The number of benzene rings is 3. The van der Waals surface area contributed by atoms with Crippen molar-refractivity contribution in [2.24, 2.45) is 0 Å². The van der Waals surface area contributed by atoms with Gasteiger partial charge in [0.15, 0.2) is 41.2 Å². The van der Waals surface area contributed by atoms with Crippen molar-refractivity contribution in [3.63, 3.8) is 0 Å². The van der Waals surface area contributed by atoms with Crippen LogP contribution in [0.2, 0.25) is 0 Å². The molecule has 37 heavy (non-hydrogen) atoms. The first kappa shape index (κ1) is 25.4. The highest BCUT2D eigenvalue weighted by Gasteiger charge is 2.21. The Kier molecular flexibility index (Phi) is 7.52. The van der Waals surface area contributed by atoms with Crippen LogP contribution in [0, 0.1) is 0 Å². The summed E-state index contributed by atoms with van der Waals surface area (Å²) in [5.74, 6) is 1.91. The Morgan fingerprint density at radius 3 is 1.97 bits per heavy atom. The molecule has 0 amide bonds. The molecular formula is C28H26O9. The van der Waals surface area contributed by atoms with Gasteiger partial charge in [-0.15, -0.1) is 0 Å². The number of ketones is 2. The van der Waals surface area contributed by atoms with E-state index >= 15 is 0 Å². The number of carbonyl (C=O) groups excluding carboxylic acids is 2. The summed E-state index contributed by atoms with van der Waals surface area (Å²) in [7, 11) is 7.47. The molecule has 0 bridgehead atoms. The van der Waals surface area contributed by atoms with Gasteiger partial charge in [-0.05, 0) is 48.5 Å². The highest BCUT2D eigenvalue weighted by atomic mass is 16.5. The Labute approximate surface area is 213 Å². The van der Waals surface area contributed by atoms with Gasteiger partial charge in [-0.1, -0.05) is 0 Å². The van der Waals surface area contributed by atoms with Crippen LogP contribution in [0.25, 0.3) is 11.0 Å². The average molecular weight is 507 g/mol. The molecule has 9 nitrogen and oxygen atoms in total. The van der Waals surface area contributed by atoms with E-state index in [0.29, 0.717) is 62.2 Å². The molecule has 1 heterocycles. The first-order valence-electron chi connectivity index (χ1n) is 11.2. The maximum absolute atomic E-state index is 13.4. The number of hydrogen-bond donors (Lipinski definition) is 0. The number of rotatable bonds is 11. The number of furan rings is 1. The molecule has 0 aliphatic heterocycles. The van der Waals surface area contributed by atoms with Crippen molar-refractivity contribution in [2.45, 2.75) is 0 Å². The molecule has 0 N–H and O–H groups in total. The molecule has 3 aromatic carbocycles. The minimum atomic E-state index is -0.309. The summed E-state index contributed by atoms with van der Waals surface area (Å²) in [6.45, 7) is -0.213. The molecular weight excluding hydrogens is 480 g/mol. The van der Waals surface area contributed by atoms with Gasteiger partial charge in [0, 0.05) is 16.5 Å². The third kappa shape index (κ3) is 5.02. The summed E-state index contributed by atoms with van der Waals surface area (Å²) < 4.78 is 37.9. The highest BCUT2D eigenvalue weighted by molar-refractivity contribution is 6.16. The molecule has 0 aliphatic carbocycles. The van der Waals surface area contributed by atoms with Gasteiger partial charge in [-0.2, -0.15) is 0 Å². The Balaban J connectivity index is 1.58. The van der Waals surface area contributed by atoms with Gasteiger partial charge in [-0.25, -0.2) is 0 Å². The molecule has 0 radical (unpaired) electrons. The standard InChI is InChI=1S/C28H26O9/c1-31-23-8-6-16(10-24(23)32-2)21(29)15-36-18-7-9-22-19(13-18)20(14-37-22)27(30)17-11-25(33-3)28(35-5)26(12-17)34-4/h6-14H,15H2,1-5H3. The van der Waals surface area contributed by atoms with Crippen LogP contribution in [0.3, 0.4) is 0 Å². The van der Waals surface area contributed by atoms with Crippen LogP contribution in [0.4, 0.5) is 0 Å². The SMILES string of the molecule is COc1ccc(C(=O)COc2ccc3occ(C(=O)c4cc(OC)c(OC)c(OC)c4)c3c2)cc1OC. The fraction of sp³-hybridized carbons (Fsp3) is 0.214. The highest BCUT2D eigenvalue weighted by Crippen LogP contribution is 2.39. The largest absolute Gasteiger partial charge is 0.493 e. The Morgan fingerprint density at radius 1 is 0.703 bits per heavy atom. The third-order valence-corrected chi connectivity index (χ3v) is 5.79. The summed E-state index contributed by atoms with van der Waals surface area (Å²) in [5.41, 5.74) is 1.56. The van der Waals surface area contributed by atoms with Gasteiger partial charge in [0.1, 0.15) is 17.6 Å². The van der Waals surface area contributed by atoms with E-state index in [2.05, 4.69) is 0 Å². The summed E-state index contributed by atoms with van der Waals surface area (Å²) in [6, 6.07) is 13.0. The maximum Gasteiger partial charge on any atom is 0.203 e. The number of fused-ring (bicyclic) bond motifs is 1. The Bertz CT molecular complexity index is 1430. The predicted octanol–water partition coefficient (Wildman–Crippen LogP) is 4.97. The van der Waals surface area contributed by atoms with E-state index in [4.69, 9.17) is 32.8 Å². The van der Waals surface area contributed by atoms with Crippen molar-refractivity contribution in [2.75, 3.05) is 42.2 Å². The van der Waals surface area contributed by atoms with E-state index in [0.717, 1.165) is 0 Å². The van der Waals surface area contributed by atoms with E-state index < -0.39 is 0 Å². The molecule has 0 aliphatic rings. The third-order valence-electron chi connectivity index (χ3n) is 5.79. The quantitative estimate of drug-likeness (QED) is 0.261. The van der Waals surface area contributed by atoms with Gasteiger partial charge < -0.3 is 32.8 Å². The summed E-state index contributed by atoms with van der Waals surface area (Å²) in [4.78, 5) is 26.1. The molecule has 0 atom stereocenters. The number of methoxy groups -OCH3 is 5. The molecule has 4 rings (SSSR count). The van der Waals surface area contributed by atoms with E-state index in [1.165, 1.54) is 41.8 Å². The minimum absolute atomic E-state index is 0.213.